The third-order valence-corrected chi connectivity index (χ3v) is 13.0. The summed E-state index contributed by atoms with van der Waals surface area (Å²) in [5.41, 5.74) is 5.53. The molecule has 0 radical (unpaired) electrons. The molecule has 3 heteroatoms. The molecule has 6 fully saturated rings. The molecule has 3 aromatic rings. The molecule has 3 aromatic carbocycles. The van der Waals surface area contributed by atoms with E-state index in [2.05, 4.69) is 20.8 Å². The highest BCUT2D eigenvalue weighted by Crippen LogP contribution is 2.59. The van der Waals surface area contributed by atoms with Crippen LogP contribution in [0.1, 0.15) is 181 Å². The molecular formula is C54H90O3. The Bertz CT molecular complexity index is 1390. The van der Waals surface area contributed by atoms with Crippen molar-refractivity contribution in [3.05, 3.63) is 88.5 Å². The van der Waals surface area contributed by atoms with Gasteiger partial charge in [-0.3, -0.25) is 0 Å². The summed E-state index contributed by atoms with van der Waals surface area (Å²) in [6, 6.07) is 18.4. The number of phenols is 3. The van der Waals surface area contributed by atoms with Gasteiger partial charge in [-0.1, -0.05) is 142 Å². The van der Waals surface area contributed by atoms with Crippen LogP contribution in [-0.2, 0) is 5.41 Å². The van der Waals surface area contributed by atoms with E-state index in [1.165, 1.54) is 64.0 Å². The topological polar surface area (TPSA) is 60.7 Å². The zero-order valence-electron chi connectivity index (χ0n) is 39.7. The van der Waals surface area contributed by atoms with Crippen molar-refractivity contribution in [3.63, 3.8) is 0 Å². The largest absolute Gasteiger partial charge is 0.508 e. The summed E-state index contributed by atoms with van der Waals surface area (Å²) >= 11 is 0. The third kappa shape index (κ3) is 16.0. The molecule has 3 N–H and O–H groups in total. The standard InChI is InChI=1S/C11H16O.2C10H16.C8H10O.C7H8O.4C2H6/c1-8-5-6-10(12)9(7-8)11(2,3)4;2*1-2-9-7-4-5-8(6-7)10(9)3-1;1-6-3-4-8(9)7(2)5-6;1-6-2-4-7(8)5-3-6;4*1-2/h5-7,12H,1-4H3;2*7-10H,1-6H2;3-5,9H,1-2H3;2-5,8H,1H3;4*1-2H3. The van der Waals surface area contributed by atoms with Gasteiger partial charge in [-0.15, -0.1) is 0 Å². The van der Waals surface area contributed by atoms with Crippen LogP contribution in [0.15, 0.2) is 60.7 Å². The van der Waals surface area contributed by atoms with E-state index in [4.69, 9.17) is 10.2 Å². The predicted octanol–water partition coefficient (Wildman–Crippen LogP) is 16.5. The lowest BCUT2D eigenvalue weighted by Gasteiger charge is -2.23. The summed E-state index contributed by atoms with van der Waals surface area (Å²) < 4.78 is 0. The van der Waals surface area contributed by atoms with E-state index in [0.717, 1.165) is 11.1 Å². The Morgan fingerprint density at radius 1 is 0.421 bits per heavy atom. The summed E-state index contributed by atoms with van der Waals surface area (Å²) in [6.45, 7) is 30.2. The minimum Gasteiger partial charge on any atom is -0.508 e. The molecule has 57 heavy (non-hydrogen) atoms. The van der Waals surface area contributed by atoms with E-state index in [-0.39, 0.29) is 5.41 Å². The first kappa shape index (κ1) is 52.1. The first-order chi connectivity index (χ1) is 27.3. The van der Waals surface area contributed by atoms with E-state index in [1.807, 2.05) is 119 Å². The number of aromatic hydroxyl groups is 3. The van der Waals surface area contributed by atoms with Crippen molar-refractivity contribution in [2.75, 3.05) is 0 Å². The molecule has 0 spiro atoms. The molecule has 0 aromatic heterocycles. The van der Waals surface area contributed by atoms with Crippen LogP contribution in [0.4, 0.5) is 0 Å². The Balaban J connectivity index is 0.000000342. The second-order valence-electron chi connectivity index (χ2n) is 17.6. The van der Waals surface area contributed by atoms with Crippen LogP contribution in [0, 0.1) is 75.0 Å². The highest BCUT2D eigenvalue weighted by Gasteiger charge is 2.49. The van der Waals surface area contributed by atoms with Crippen LogP contribution < -0.4 is 0 Å². The van der Waals surface area contributed by atoms with Crippen molar-refractivity contribution in [2.24, 2.45) is 47.3 Å². The van der Waals surface area contributed by atoms with E-state index >= 15 is 0 Å². The first-order valence-electron chi connectivity index (χ1n) is 23.6. The van der Waals surface area contributed by atoms with Crippen LogP contribution in [0.25, 0.3) is 0 Å². The van der Waals surface area contributed by atoms with Crippen LogP contribution in [0.2, 0.25) is 0 Å². The smallest absolute Gasteiger partial charge is 0.119 e. The van der Waals surface area contributed by atoms with Gasteiger partial charge in [0.2, 0.25) is 0 Å². The highest BCUT2D eigenvalue weighted by molar-refractivity contribution is 5.40. The lowest BCUT2D eigenvalue weighted by molar-refractivity contribution is 0.259. The molecule has 9 rings (SSSR count). The van der Waals surface area contributed by atoms with Gasteiger partial charge in [-0.25, -0.2) is 0 Å². The normalized spacial score (nSPS) is 25.9. The van der Waals surface area contributed by atoms with Gasteiger partial charge in [-0.2, -0.15) is 0 Å². The third-order valence-electron chi connectivity index (χ3n) is 13.0. The fourth-order valence-electron chi connectivity index (χ4n) is 10.6. The fourth-order valence-corrected chi connectivity index (χ4v) is 10.6. The molecule has 6 aliphatic carbocycles. The van der Waals surface area contributed by atoms with Crippen molar-refractivity contribution in [2.45, 2.75) is 186 Å². The second kappa shape index (κ2) is 26.9. The summed E-state index contributed by atoms with van der Waals surface area (Å²) in [7, 11) is 0. The first-order valence-corrected chi connectivity index (χ1v) is 23.6. The Kier molecular flexibility index (Phi) is 24.6. The van der Waals surface area contributed by atoms with Gasteiger partial charge in [0.1, 0.15) is 17.2 Å². The van der Waals surface area contributed by atoms with Gasteiger partial charge in [0.25, 0.3) is 0 Å². The number of fused-ring (bicyclic) bond motifs is 10. The minimum atomic E-state index is 0.0239. The molecule has 0 amide bonds. The molecular weight excluding hydrogens is 697 g/mol. The van der Waals surface area contributed by atoms with E-state index in [9.17, 15) is 5.11 Å². The van der Waals surface area contributed by atoms with Gasteiger partial charge in [0, 0.05) is 0 Å². The molecule has 8 unspecified atom stereocenters. The van der Waals surface area contributed by atoms with Crippen molar-refractivity contribution in [3.8, 4) is 17.2 Å². The monoisotopic (exact) mass is 787 g/mol. The Morgan fingerprint density at radius 3 is 1.05 bits per heavy atom. The minimum absolute atomic E-state index is 0.0239. The number of hydrogen-bond acceptors (Lipinski definition) is 3. The predicted molar refractivity (Wildman–Crippen MR) is 251 cm³/mol. The quantitative estimate of drug-likeness (QED) is 0.213. The molecule has 8 atom stereocenters. The molecule has 0 aliphatic heterocycles. The molecule has 3 nitrogen and oxygen atoms in total. The Morgan fingerprint density at radius 2 is 0.754 bits per heavy atom. The number of rotatable bonds is 0. The van der Waals surface area contributed by atoms with Crippen molar-refractivity contribution < 1.29 is 15.3 Å². The van der Waals surface area contributed by atoms with E-state index in [0.29, 0.717) is 17.2 Å². The lowest BCUT2D eigenvalue weighted by Crippen LogP contribution is -2.15. The number of aryl methyl sites for hydroxylation is 4. The maximum Gasteiger partial charge on any atom is 0.119 e. The lowest BCUT2D eigenvalue weighted by atomic mass is 9.82. The van der Waals surface area contributed by atoms with Crippen LogP contribution in [0.3, 0.4) is 0 Å². The van der Waals surface area contributed by atoms with Gasteiger partial charge in [0.05, 0.1) is 0 Å². The zero-order valence-corrected chi connectivity index (χ0v) is 39.7. The van der Waals surface area contributed by atoms with E-state index < -0.39 is 0 Å². The van der Waals surface area contributed by atoms with Crippen molar-refractivity contribution in [1.82, 2.24) is 0 Å². The summed E-state index contributed by atoms with van der Waals surface area (Å²) in [5.74, 6) is 10.7. The average molecular weight is 787 g/mol. The average Bonchev–Trinajstić information content (AvgIpc) is 4.08. The maximum atomic E-state index is 9.57. The fraction of sp³-hybridized carbons (Fsp3) is 0.667. The van der Waals surface area contributed by atoms with Gasteiger partial charge >= 0.3 is 0 Å². The van der Waals surface area contributed by atoms with Gasteiger partial charge < -0.3 is 15.3 Å². The number of benzene rings is 3. The summed E-state index contributed by atoms with van der Waals surface area (Å²) in [4.78, 5) is 0. The molecule has 4 bridgehead atoms. The SMILES string of the molecule is C1CC2C3CCC(C3)C2C1.C1CC2C3CCC(C3)C2C1.CC.CC.CC.CC.Cc1ccc(O)c(C(C)(C)C)c1.Cc1ccc(O)c(C)c1.Cc1ccc(O)cc1. The van der Waals surface area contributed by atoms with Crippen LogP contribution in [0.5, 0.6) is 17.2 Å². The van der Waals surface area contributed by atoms with Gasteiger partial charge in [0.15, 0.2) is 0 Å². The molecule has 324 valence electrons. The summed E-state index contributed by atoms with van der Waals surface area (Å²) in [5, 5.41) is 27.4. The van der Waals surface area contributed by atoms with Crippen LogP contribution in [-0.4, -0.2) is 15.3 Å². The van der Waals surface area contributed by atoms with Crippen LogP contribution >= 0.6 is 0 Å². The zero-order chi connectivity index (χ0) is 43.3. The highest BCUT2D eigenvalue weighted by atomic mass is 16.3. The van der Waals surface area contributed by atoms with Crippen molar-refractivity contribution >= 4 is 0 Å². The Labute approximate surface area is 353 Å². The van der Waals surface area contributed by atoms with E-state index in [1.54, 1.807) is 101 Å². The maximum absolute atomic E-state index is 9.57. The molecule has 6 aliphatic rings. The number of phenolic OH excluding ortho intramolecular Hbond substituents is 3. The summed E-state index contributed by atoms with van der Waals surface area (Å²) in [6.07, 6.45) is 19.1. The second-order valence-corrected chi connectivity index (χ2v) is 17.6. The molecule has 0 saturated heterocycles. The van der Waals surface area contributed by atoms with Crippen molar-refractivity contribution in [1.29, 1.82) is 0 Å². The molecule has 6 saturated carbocycles. The van der Waals surface area contributed by atoms with Gasteiger partial charge in [-0.05, 0) is 180 Å². The Hall–Kier alpha value is -2.94. The number of hydrogen-bond donors (Lipinski definition) is 3. The molecule has 0 heterocycles.